The van der Waals surface area contributed by atoms with Crippen molar-refractivity contribution in [1.29, 1.82) is 0 Å². The van der Waals surface area contributed by atoms with E-state index in [1.807, 2.05) is 31.2 Å². The summed E-state index contributed by atoms with van der Waals surface area (Å²) in [5.41, 5.74) is 1.98. The Kier molecular flexibility index (Phi) is 4.22. The monoisotopic (exact) mass is 260 g/mol. The number of hydrogen-bond acceptors (Lipinski definition) is 5. The maximum atomic E-state index is 10.9. The first-order valence-corrected chi connectivity index (χ1v) is 6.21. The maximum absolute atomic E-state index is 10.9. The zero-order valence-electron chi connectivity index (χ0n) is 10.7. The van der Waals surface area contributed by atoms with Gasteiger partial charge in [0, 0.05) is 5.92 Å². The quantitative estimate of drug-likeness (QED) is 0.843. The van der Waals surface area contributed by atoms with Gasteiger partial charge in [0.05, 0.1) is 24.9 Å². The van der Waals surface area contributed by atoms with Crippen LogP contribution in [-0.4, -0.2) is 28.8 Å². The summed E-state index contributed by atoms with van der Waals surface area (Å²) < 4.78 is 0. The molecule has 0 fully saturated rings. The van der Waals surface area contributed by atoms with Crippen molar-refractivity contribution in [3.8, 4) is 0 Å². The molecule has 1 atom stereocenters. The second-order valence-corrected chi connectivity index (χ2v) is 4.31. The first kappa shape index (κ1) is 13.2. The summed E-state index contributed by atoms with van der Waals surface area (Å²) >= 11 is 0. The number of carboxylic acid groups (broad SMARTS) is 1. The van der Waals surface area contributed by atoms with Crippen molar-refractivity contribution in [3.05, 3.63) is 35.6 Å². The molecule has 0 aromatic heterocycles. The largest absolute Gasteiger partial charge is 0.481 e. The van der Waals surface area contributed by atoms with E-state index >= 15 is 0 Å². The third-order valence-electron chi connectivity index (χ3n) is 3.06. The summed E-state index contributed by atoms with van der Waals surface area (Å²) in [4.78, 5) is 10.9. The Hall–Kier alpha value is -2.24. The van der Waals surface area contributed by atoms with Crippen LogP contribution in [0, 0.1) is 5.92 Å². The van der Waals surface area contributed by atoms with Crippen molar-refractivity contribution in [1.82, 2.24) is 5.01 Å². The Labute approximate surface area is 111 Å². The minimum absolute atomic E-state index is 0.0633. The molecule has 0 aromatic rings. The summed E-state index contributed by atoms with van der Waals surface area (Å²) in [6, 6.07) is 0. The van der Waals surface area contributed by atoms with E-state index in [2.05, 4.69) is 15.5 Å². The second kappa shape index (κ2) is 6.08. The molecule has 0 amide bonds. The van der Waals surface area contributed by atoms with Crippen molar-refractivity contribution in [2.45, 2.75) is 19.8 Å². The fourth-order valence-electron chi connectivity index (χ4n) is 2.08. The predicted molar refractivity (Wildman–Crippen MR) is 71.4 cm³/mol. The molecule has 6 nitrogen and oxygen atoms in total. The molecular formula is C13H16N4O2. The molecule has 0 saturated carbocycles. The van der Waals surface area contributed by atoms with Crippen LogP contribution in [0.15, 0.2) is 51.1 Å². The van der Waals surface area contributed by atoms with Crippen LogP contribution in [0.1, 0.15) is 19.8 Å². The standard InChI is InChI=1S/C13H16N4O2/c1-2-10-8-12(17-7-6-14-15-16-17)5-3-4-11(10)9-13(18)19/h3-6,8,11H,2,7,9H2,1H3,(H,18,19). The Balaban J connectivity index is 2.21. The highest BCUT2D eigenvalue weighted by Crippen LogP contribution is 2.26. The number of nitrogens with zero attached hydrogens (tertiary/aromatic N) is 4. The number of aliphatic carboxylic acids is 1. The van der Waals surface area contributed by atoms with Crippen LogP contribution in [-0.2, 0) is 4.79 Å². The second-order valence-electron chi connectivity index (χ2n) is 4.31. The number of allylic oxidation sites excluding steroid dienone is 5. The van der Waals surface area contributed by atoms with Crippen molar-refractivity contribution in [2.24, 2.45) is 21.5 Å². The average molecular weight is 260 g/mol. The molecule has 100 valence electrons. The van der Waals surface area contributed by atoms with Gasteiger partial charge in [-0.05, 0) is 29.0 Å². The van der Waals surface area contributed by atoms with Gasteiger partial charge in [-0.15, -0.1) is 5.10 Å². The molecular weight excluding hydrogens is 244 g/mol. The molecule has 1 unspecified atom stereocenters. The Morgan fingerprint density at radius 2 is 2.42 bits per heavy atom. The molecule has 0 saturated heterocycles. The Bertz CT molecular complexity index is 503. The van der Waals surface area contributed by atoms with Gasteiger partial charge in [-0.25, -0.2) is 5.01 Å². The number of carboxylic acids is 1. The normalized spacial score (nSPS) is 21.9. The molecule has 1 aliphatic heterocycles. The van der Waals surface area contributed by atoms with Gasteiger partial charge in [-0.3, -0.25) is 4.79 Å². The molecule has 6 heteroatoms. The van der Waals surface area contributed by atoms with Crippen LogP contribution in [0.3, 0.4) is 0 Å². The third-order valence-corrected chi connectivity index (χ3v) is 3.06. The van der Waals surface area contributed by atoms with E-state index in [1.54, 1.807) is 11.2 Å². The summed E-state index contributed by atoms with van der Waals surface area (Å²) in [5, 5.41) is 21.9. The van der Waals surface area contributed by atoms with Crippen LogP contribution in [0.25, 0.3) is 0 Å². The molecule has 0 aromatic carbocycles. The highest BCUT2D eigenvalue weighted by Gasteiger charge is 2.18. The lowest BCUT2D eigenvalue weighted by Crippen LogP contribution is -2.19. The van der Waals surface area contributed by atoms with Crippen LogP contribution in [0.2, 0.25) is 0 Å². The van der Waals surface area contributed by atoms with Gasteiger partial charge < -0.3 is 5.11 Å². The van der Waals surface area contributed by atoms with Crippen LogP contribution in [0.4, 0.5) is 0 Å². The molecule has 1 N–H and O–H groups in total. The van der Waals surface area contributed by atoms with Gasteiger partial charge in [0.25, 0.3) is 0 Å². The van der Waals surface area contributed by atoms with E-state index in [0.29, 0.717) is 6.54 Å². The Morgan fingerprint density at radius 1 is 1.58 bits per heavy atom. The fraction of sp³-hybridized carbons (Fsp3) is 0.385. The number of rotatable bonds is 4. The lowest BCUT2D eigenvalue weighted by atomic mass is 9.93. The van der Waals surface area contributed by atoms with Crippen molar-refractivity contribution < 1.29 is 9.90 Å². The fourth-order valence-corrected chi connectivity index (χ4v) is 2.08. The predicted octanol–water partition coefficient (Wildman–Crippen LogP) is 2.54. The number of carbonyl (C=O) groups is 1. The van der Waals surface area contributed by atoms with Gasteiger partial charge in [0.1, 0.15) is 0 Å². The molecule has 0 spiro atoms. The number of hydrogen-bond donors (Lipinski definition) is 1. The first-order chi connectivity index (χ1) is 9.20. The minimum Gasteiger partial charge on any atom is -0.481 e. The van der Waals surface area contributed by atoms with E-state index in [0.717, 1.165) is 17.7 Å². The summed E-state index contributed by atoms with van der Waals surface area (Å²) in [6.45, 7) is 2.59. The smallest absolute Gasteiger partial charge is 0.304 e. The molecule has 1 heterocycles. The van der Waals surface area contributed by atoms with Gasteiger partial charge in [0.15, 0.2) is 0 Å². The van der Waals surface area contributed by atoms with Crippen LogP contribution in [0.5, 0.6) is 0 Å². The minimum atomic E-state index is -0.790. The molecule has 2 aliphatic rings. The molecule has 0 bridgehead atoms. The zero-order valence-corrected chi connectivity index (χ0v) is 10.7. The van der Waals surface area contributed by atoms with E-state index in [-0.39, 0.29) is 12.3 Å². The summed E-state index contributed by atoms with van der Waals surface area (Å²) in [7, 11) is 0. The van der Waals surface area contributed by atoms with Crippen molar-refractivity contribution in [3.63, 3.8) is 0 Å². The lowest BCUT2D eigenvalue weighted by molar-refractivity contribution is -0.137. The third kappa shape index (κ3) is 3.37. The van der Waals surface area contributed by atoms with E-state index < -0.39 is 5.97 Å². The highest BCUT2D eigenvalue weighted by molar-refractivity contribution is 5.68. The van der Waals surface area contributed by atoms with Gasteiger partial charge in [-0.1, -0.05) is 24.6 Å². The SMILES string of the molecule is CCC1=CC(N2CC=NN=N2)=CC=CC1CC(=O)O. The topological polar surface area (TPSA) is 77.6 Å². The summed E-state index contributed by atoms with van der Waals surface area (Å²) in [5.74, 6) is -0.853. The van der Waals surface area contributed by atoms with E-state index in [4.69, 9.17) is 5.11 Å². The lowest BCUT2D eigenvalue weighted by Gasteiger charge is -2.19. The molecule has 2 rings (SSSR count). The van der Waals surface area contributed by atoms with Gasteiger partial charge >= 0.3 is 5.97 Å². The Morgan fingerprint density at radius 3 is 3.05 bits per heavy atom. The van der Waals surface area contributed by atoms with Crippen LogP contribution < -0.4 is 0 Å². The van der Waals surface area contributed by atoms with Gasteiger partial charge in [0.2, 0.25) is 0 Å². The molecule has 0 radical (unpaired) electrons. The van der Waals surface area contributed by atoms with Crippen molar-refractivity contribution >= 4 is 12.2 Å². The summed E-state index contributed by atoms with van der Waals surface area (Å²) in [6.07, 6.45) is 10.3. The highest BCUT2D eigenvalue weighted by atomic mass is 16.4. The first-order valence-electron chi connectivity index (χ1n) is 6.21. The average Bonchev–Trinajstić information content (AvgIpc) is 2.61. The maximum Gasteiger partial charge on any atom is 0.304 e. The van der Waals surface area contributed by atoms with Crippen LogP contribution >= 0.6 is 0 Å². The molecule has 1 aliphatic carbocycles. The zero-order chi connectivity index (χ0) is 13.7. The van der Waals surface area contributed by atoms with E-state index in [1.165, 1.54) is 0 Å². The molecule has 19 heavy (non-hydrogen) atoms. The van der Waals surface area contributed by atoms with Gasteiger partial charge in [-0.2, -0.15) is 0 Å². The van der Waals surface area contributed by atoms with Crippen molar-refractivity contribution in [2.75, 3.05) is 6.54 Å². The van der Waals surface area contributed by atoms with E-state index in [9.17, 15) is 4.79 Å².